The number of benzene rings is 6. The van der Waals surface area contributed by atoms with Gasteiger partial charge in [0, 0.05) is 57.4 Å². The number of aromatic nitrogens is 2. The molecule has 6 nitrogen and oxygen atoms in total. The van der Waals surface area contributed by atoms with Gasteiger partial charge >= 0.3 is 0 Å². The Morgan fingerprint density at radius 1 is 0.250 bits per heavy atom. The Kier molecular flexibility index (Phi) is 9.84. The zero-order chi connectivity index (χ0) is 40.1. The van der Waals surface area contributed by atoms with Crippen LogP contribution in [0.25, 0.3) is 56.4 Å². The van der Waals surface area contributed by atoms with E-state index in [4.69, 9.17) is 18.8 Å². The number of nitrogens with zero attached hydrogens (tertiary/aromatic N) is 4. The second kappa shape index (κ2) is 16.3. The SMILES string of the molecule is c1ccc(-c2ccc(-c3ccc(N(c4ccc(-c5ccc(N(c6ccc(-c7ccc(-c8ccccc8)o7)cc6)c6ccccn6)cc5)cc4)c4ccccn4)cc3)o2)cc1. The Bertz CT molecular complexity index is 2720. The number of pyridine rings is 2. The van der Waals surface area contributed by atoms with Crippen molar-refractivity contribution in [2.75, 3.05) is 9.80 Å². The standard InChI is InChI=1S/C54H38N4O2/c1-3-11-41(12-4-1)49-33-35-51(59-49)43-21-29-47(30-22-43)57(53-15-7-9-37-55-53)45-25-17-39(18-26-45)40-19-27-46(28-20-40)58(54-16-8-10-38-56-54)48-31-23-44(24-32-48)52-36-34-50(60-52)42-13-5-2-6-14-42/h1-38H. The second-order valence-electron chi connectivity index (χ2n) is 14.3. The zero-order valence-corrected chi connectivity index (χ0v) is 32.5. The minimum Gasteiger partial charge on any atom is -0.456 e. The molecule has 0 saturated heterocycles. The Morgan fingerprint density at radius 3 is 0.833 bits per heavy atom. The van der Waals surface area contributed by atoms with Gasteiger partial charge in [0.2, 0.25) is 0 Å². The molecule has 0 amide bonds. The molecule has 0 radical (unpaired) electrons. The maximum atomic E-state index is 6.24. The Balaban J connectivity index is 0.899. The fourth-order valence-corrected chi connectivity index (χ4v) is 7.46. The van der Waals surface area contributed by atoms with Crippen LogP contribution in [0.4, 0.5) is 34.4 Å². The fourth-order valence-electron chi connectivity index (χ4n) is 7.46. The van der Waals surface area contributed by atoms with Crippen LogP contribution >= 0.6 is 0 Å². The third-order valence-electron chi connectivity index (χ3n) is 10.5. The van der Waals surface area contributed by atoms with Gasteiger partial charge in [-0.25, -0.2) is 9.97 Å². The molecular weight excluding hydrogens is 737 g/mol. The van der Waals surface area contributed by atoms with Gasteiger partial charge < -0.3 is 8.83 Å². The van der Waals surface area contributed by atoms with Crippen molar-refractivity contribution < 1.29 is 8.83 Å². The first-order valence-electron chi connectivity index (χ1n) is 19.9. The summed E-state index contributed by atoms with van der Waals surface area (Å²) in [5.41, 5.74) is 10.3. The Hall–Kier alpha value is -8.22. The molecule has 6 heteroatoms. The van der Waals surface area contributed by atoms with E-state index in [9.17, 15) is 0 Å². The molecule has 0 unspecified atom stereocenters. The lowest BCUT2D eigenvalue weighted by Crippen LogP contribution is -2.11. The molecule has 0 aliphatic heterocycles. The van der Waals surface area contributed by atoms with Crippen molar-refractivity contribution in [3.63, 3.8) is 0 Å². The number of hydrogen-bond acceptors (Lipinski definition) is 6. The highest BCUT2D eigenvalue weighted by Gasteiger charge is 2.17. The van der Waals surface area contributed by atoms with E-state index >= 15 is 0 Å². The average Bonchev–Trinajstić information content (AvgIpc) is 4.04. The molecule has 10 rings (SSSR count). The summed E-state index contributed by atoms with van der Waals surface area (Å²) >= 11 is 0. The third kappa shape index (κ3) is 7.49. The van der Waals surface area contributed by atoms with Gasteiger partial charge in [-0.05, 0) is 132 Å². The first-order chi connectivity index (χ1) is 29.7. The lowest BCUT2D eigenvalue weighted by atomic mass is 10.0. The summed E-state index contributed by atoms with van der Waals surface area (Å²) in [5, 5.41) is 0. The first-order valence-corrected chi connectivity index (χ1v) is 19.9. The molecule has 0 fully saturated rings. The quantitative estimate of drug-likeness (QED) is 0.130. The Morgan fingerprint density at radius 2 is 0.533 bits per heavy atom. The van der Waals surface area contributed by atoms with Crippen molar-refractivity contribution in [1.29, 1.82) is 0 Å². The topological polar surface area (TPSA) is 58.5 Å². The molecule has 6 aromatic carbocycles. The lowest BCUT2D eigenvalue weighted by molar-refractivity contribution is 0.597. The molecule has 286 valence electrons. The van der Waals surface area contributed by atoms with Crippen molar-refractivity contribution in [3.8, 4) is 56.4 Å². The summed E-state index contributed by atoms with van der Waals surface area (Å²) < 4.78 is 12.5. The molecule has 0 aliphatic carbocycles. The van der Waals surface area contributed by atoms with Gasteiger partial charge in [-0.2, -0.15) is 0 Å². The molecule has 4 heterocycles. The van der Waals surface area contributed by atoms with Gasteiger partial charge in [0.05, 0.1) is 0 Å². The van der Waals surface area contributed by atoms with E-state index in [-0.39, 0.29) is 0 Å². The highest BCUT2D eigenvalue weighted by molar-refractivity contribution is 5.81. The lowest BCUT2D eigenvalue weighted by Gasteiger charge is -2.25. The van der Waals surface area contributed by atoms with Crippen molar-refractivity contribution in [2.45, 2.75) is 0 Å². The van der Waals surface area contributed by atoms with E-state index in [1.165, 1.54) is 0 Å². The summed E-state index contributed by atoms with van der Waals surface area (Å²) in [5.74, 6) is 5.00. The number of furan rings is 2. The van der Waals surface area contributed by atoms with Crippen LogP contribution in [0.1, 0.15) is 0 Å². The van der Waals surface area contributed by atoms with Crippen LogP contribution < -0.4 is 9.80 Å². The van der Waals surface area contributed by atoms with Crippen LogP contribution in [-0.4, -0.2) is 9.97 Å². The fraction of sp³-hybridized carbons (Fsp3) is 0. The van der Waals surface area contributed by atoms with Crippen LogP contribution in [-0.2, 0) is 0 Å². The van der Waals surface area contributed by atoms with Crippen molar-refractivity contribution in [3.05, 3.63) is 231 Å². The minimum atomic E-state index is 0.823. The molecule has 0 bridgehead atoms. The molecule has 0 spiro atoms. The van der Waals surface area contributed by atoms with Crippen LogP contribution in [0, 0.1) is 0 Å². The summed E-state index contributed by atoms with van der Waals surface area (Å²) in [6, 6.07) is 74.4. The van der Waals surface area contributed by atoms with Crippen LogP contribution in [0.2, 0.25) is 0 Å². The van der Waals surface area contributed by atoms with E-state index in [2.05, 4.69) is 131 Å². The van der Waals surface area contributed by atoms with Gasteiger partial charge in [-0.15, -0.1) is 0 Å². The van der Waals surface area contributed by atoms with E-state index in [0.29, 0.717) is 0 Å². The van der Waals surface area contributed by atoms with E-state index < -0.39 is 0 Å². The average molecular weight is 775 g/mol. The summed E-state index contributed by atoms with van der Waals surface area (Å²) in [6.07, 6.45) is 3.65. The predicted octanol–water partition coefficient (Wildman–Crippen LogP) is 14.9. The van der Waals surface area contributed by atoms with Crippen LogP contribution in [0.5, 0.6) is 0 Å². The molecule has 60 heavy (non-hydrogen) atoms. The third-order valence-corrected chi connectivity index (χ3v) is 10.5. The molecule has 10 aromatic rings. The monoisotopic (exact) mass is 774 g/mol. The smallest absolute Gasteiger partial charge is 0.137 e. The van der Waals surface area contributed by atoms with Crippen molar-refractivity contribution in [2.24, 2.45) is 0 Å². The van der Waals surface area contributed by atoms with E-state index in [1.807, 2.05) is 109 Å². The van der Waals surface area contributed by atoms with Gasteiger partial charge in [-0.3, -0.25) is 9.80 Å². The summed E-state index contributed by atoms with van der Waals surface area (Å²) in [4.78, 5) is 13.8. The van der Waals surface area contributed by atoms with Gasteiger partial charge in [-0.1, -0.05) is 97.1 Å². The molecule has 0 atom stereocenters. The number of anilines is 6. The molecule has 0 N–H and O–H groups in total. The largest absolute Gasteiger partial charge is 0.456 e. The maximum absolute atomic E-state index is 6.24. The van der Waals surface area contributed by atoms with Gasteiger partial charge in [0.15, 0.2) is 0 Å². The second-order valence-corrected chi connectivity index (χ2v) is 14.3. The normalized spacial score (nSPS) is 11.0. The molecule has 0 aliphatic rings. The summed E-state index contributed by atoms with van der Waals surface area (Å²) in [6.45, 7) is 0. The molecule has 4 aromatic heterocycles. The highest BCUT2D eigenvalue weighted by atomic mass is 16.3. The van der Waals surface area contributed by atoms with Crippen LogP contribution in [0.15, 0.2) is 240 Å². The molecule has 0 saturated carbocycles. The zero-order valence-electron chi connectivity index (χ0n) is 32.5. The van der Waals surface area contributed by atoms with Gasteiger partial charge in [0.1, 0.15) is 34.7 Å². The van der Waals surface area contributed by atoms with Gasteiger partial charge in [0.25, 0.3) is 0 Å². The minimum absolute atomic E-state index is 0.823. The first kappa shape index (κ1) is 36.1. The van der Waals surface area contributed by atoms with E-state index in [1.54, 1.807) is 0 Å². The van der Waals surface area contributed by atoms with Crippen molar-refractivity contribution in [1.82, 2.24) is 9.97 Å². The van der Waals surface area contributed by atoms with E-state index in [0.717, 1.165) is 90.8 Å². The highest BCUT2D eigenvalue weighted by Crippen LogP contribution is 2.39. The number of hydrogen-bond donors (Lipinski definition) is 0. The summed E-state index contributed by atoms with van der Waals surface area (Å²) in [7, 11) is 0. The predicted molar refractivity (Wildman–Crippen MR) is 243 cm³/mol. The van der Waals surface area contributed by atoms with Crippen LogP contribution in [0.3, 0.4) is 0 Å². The van der Waals surface area contributed by atoms with Crippen molar-refractivity contribution >= 4 is 34.4 Å². The molecular formula is C54H38N4O2. The maximum Gasteiger partial charge on any atom is 0.137 e. The number of rotatable bonds is 11. The Labute approximate surface area is 348 Å².